The number of nitrogens with zero attached hydrogens (tertiary/aromatic N) is 6. The van der Waals surface area contributed by atoms with E-state index < -0.39 is 0 Å². The van der Waals surface area contributed by atoms with Gasteiger partial charge in [0.1, 0.15) is 10.5 Å². The predicted molar refractivity (Wildman–Crippen MR) is 109 cm³/mol. The van der Waals surface area contributed by atoms with E-state index in [2.05, 4.69) is 41.7 Å². The van der Waals surface area contributed by atoms with E-state index in [4.69, 9.17) is 5.73 Å². The van der Waals surface area contributed by atoms with Gasteiger partial charge in [-0.05, 0) is 38.0 Å². The molecule has 0 saturated carbocycles. The molecule has 0 atom stereocenters. The van der Waals surface area contributed by atoms with Crippen LogP contribution in [0, 0.1) is 0 Å². The Morgan fingerprint density at radius 3 is 2.82 bits per heavy atom. The number of imidazole rings is 1. The van der Waals surface area contributed by atoms with Gasteiger partial charge in [-0.2, -0.15) is 4.98 Å². The van der Waals surface area contributed by atoms with Gasteiger partial charge in [0.05, 0.1) is 11.7 Å². The second-order valence-corrected chi connectivity index (χ2v) is 8.43. The summed E-state index contributed by atoms with van der Waals surface area (Å²) in [6.07, 6.45) is 7.19. The summed E-state index contributed by atoms with van der Waals surface area (Å²) in [7, 11) is 0. The predicted octanol–water partition coefficient (Wildman–Crippen LogP) is 2.76. The van der Waals surface area contributed by atoms with Gasteiger partial charge in [0.2, 0.25) is 5.95 Å². The Morgan fingerprint density at radius 2 is 1.96 bits per heavy atom. The Labute approximate surface area is 166 Å². The second kappa shape index (κ2) is 6.68. The number of anilines is 1. The molecule has 3 N–H and O–H groups in total. The summed E-state index contributed by atoms with van der Waals surface area (Å²) >= 11 is 1.52. The maximum atomic E-state index is 6.23. The minimum atomic E-state index is -0.0931. The van der Waals surface area contributed by atoms with Crippen molar-refractivity contribution in [3.05, 3.63) is 36.8 Å². The van der Waals surface area contributed by atoms with E-state index in [-0.39, 0.29) is 5.54 Å². The van der Waals surface area contributed by atoms with Crippen LogP contribution in [0.5, 0.6) is 0 Å². The van der Waals surface area contributed by atoms with E-state index in [1.165, 1.54) is 11.8 Å². The third-order valence-electron chi connectivity index (χ3n) is 5.05. The van der Waals surface area contributed by atoms with Crippen LogP contribution in [0.25, 0.3) is 22.3 Å². The lowest BCUT2D eigenvalue weighted by Gasteiger charge is -2.36. The highest BCUT2D eigenvalue weighted by molar-refractivity contribution is 7.99. The topological polar surface area (TPSA) is 110 Å². The largest absolute Gasteiger partial charge is 0.342 e. The van der Waals surface area contributed by atoms with Crippen molar-refractivity contribution < 1.29 is 0 Å². The molecule has 1 fully saturated rings. The fraction of sp³-hybridized carbons (Fsp3) is 0.316. The summed E-state index contributed by atoms with van der Waals surface area (Å²) in [5.41, 5.74) is 9.17. The van der Waals surface area contributed by atoms with Gasteiger partial charge in [0, 0.05) is 35.9 Å². The van der Waals surface area contributed by atoms with Crippen LogP contribution >= 0.6 is 11.8 Å². The first-order valence-electron chi connectivity index (χ1n) is 9.22. The van der Waals surface area contributed by atoms with Crippen LogP contribution in [0.2, 0.25) is 0 Å². The molecule has 0 amide bonds. The minimum Gasteiger partial charge on any atom is -0.342 e. The summed E-state index contributed by atoms with van der Waals surface area (Å²) in [6, 6.07) is 5.78. The second-order valence-electron chi connectivity index (χ2n) is 7.36. The lowest BCUT2D eigenvalue weighted by atomic mass is 9.91. The monoisotopic (exact) mass is 392 g/mol. The van der Waals surface area contributed by atoms with E-state index in [0.717, 1.165) is 52.8 Å². The average Bonchev–Trinajstić information content (AvgIpc) is 3.11. The average molecular weight is 392 g/mol. The first-order chi connectivity index (χ1) is 13.6. The number of piperidine rings is 1. The number of aromatic nitrogens is 6. The molecule has 1 saturated heterocycles. The normalized spacial score (nSPS) is 16.7. The van der Waals surface area contributed by atoms with Crippen molar-refractivity contribution in [2.45, 2.75) is 35.2 Å². The van der Waals surface area contributed by atoms with Gasteiger partial charge < -0.3 is 15.6 Å². The molecule has 9 heteroatoms. The molecule has 1 aliphatic heterocycles. The molecule has 4 aromatic rings. The van der Waals surface area contributed by atoms with Crippen LogP contribution in [0.4, 0.5) is 5.95 Å². The number of rotatable bonds is 3. The number of H-pyrrole nitrogens is 1. The number of nitrogens with two attached hydrogens (primary N) is 1. The zero-order valence-corrected chi connectivity index (χ0v) is 16.3. The summed E-state index contributed by atoms with van der Waals surface area (Å²) in [5, 5.41) is 0.775. The highest BCUT2D eigenvalue weighted by Crippen LogP contribution is 2.31. The van der Waals surface area contributed by atoms with Crippen LogP contribution < -0.4 is 10.6 Å². The summed E-state index contributed by atoms with van der Waals surface area (Å²) < 4.78 is 0. The summed E-state index contributed by atoms with van der Waals surface area (Å²) in [6.45, 7) is 3.86. The number of pyridine rings is 2. The lowest BCUT2D eigenvalue weighted by molar-refractivity contribution is 0.362. The Kier molecular flexibility index (Phi) is 4.13. The Bertz CT molecular complexity index is 1140. The molecule has 4 aromatic heterocycles. The van der Waals surface area contributed by atoms with E-state index in [0.29, 0.717) is 11.3 Å². The van der Waals surface area contributed by atoms with E-state index in [1.54, 1.807) is 18.6 Å². The molecule has 0 bridgehead atoms. The molecule has 1 aliphatic rings. The Balaban J connectivity index is 1.42. The quantitative estimate of drug-likeness (QED) is 0.548. The summed E-state index contributed by atoms with van der Waals surface area (Å²) in [4.78, 5) is 29.1. The van der Waals surface area contributed by atoms with Gasteiger partial charge in [-0.1, -0.05) is 11.8 Å². The third-order valence-corrected chi connectivity index (χ3v) is 6.01. The number of hydrogen-bond acceptors (Lipinski definition) is 8. The fourth-order valence-corrected chi connectivity index (χ4v) is 4.19. The van der Waals surface area contributed by atoms with Crippen LogP contribution in [0.1, 0.15) is 19.8 Å². The maximum Gasteiger partial charge on any atom is 0.206 e. The lowest BCUT2D eigenvalue weighted by Crippen LogP contribution is -2.48. The zero-order valence-electron chi connectivity index (χ0n) is 15.5. The molecule has 8 nitrogen and oxygen atoms in total. The van der Waals surface area contributed by atoms with Crippen LogP contribution in [0.3, 0.4) is 0 Å². The Morgan fingerprint density at radius 1 is 1.11 bits per heavy atom. The molecule has 28 heavy (non-hydrogen) atoms. The van der Waals surface area contributed by atoms with Gasteiger partial charge in [-0.3, -0.25) is 9.97 Å². The Hall–Kier alpha value is -2.78. The standard InChI is InChI=1S/C19H20N8S/c1-19(20)5-9-27(10-6-19)18-25-16-17(26-18)24-14(11-23-16)28-13-4-8-21-12-3-2-7-22-15(12)13/h2-4,7-8,11H,5-6,9-10,20H2,1H3,(H,23,24,25,26). The zero-order chi connectivity index (χ0) is 19.1. The van der Waals surface area contributed by atoms with Crippen LogP contribution in [0.15, 0.2) is 46.7 Å². The molecule has 5 rings (SSSR count). The van der Waals surface area contributed by atoms with Gasteiger partial charge >= 0.3 is 0 Å². The summed E-state index contributed by atoms with van der Waals surface area (Å²) in [5.74, 6) is 0.809. The minimum absolute atomic E-state index is 0.0931. The molecule has 0 spiro atoms. The number of nitrogens with one attached hydrogen (secondary N) is 1. The van der Waals surface area contributed by atoms with Crippen molar-refractivity contribution >= 4 is 40.0 Å². The first-order valence-corrected chi connectivity index (χ1v) is 10.0. The van der Waals surface area contributed by atoms with Crippen molar-refractivity contribution in [1.29, 1.82) is 0 Å². The molecule has 0 unspecified atom stereocenters. The van der Waals surface area contributed by atoms with Crippen molar-refractivity contribution in [3.63, 3.8) is 0 Å². The maximum absolute atomic E-state index is 6.23. The number of aromatic amines is 1. The van der Waals surface area contributed by atoms with E-state index in [9.17, 15) is 0 Å². The SMILES string of the molecule is CC1(N)CCN(c2nc3nc(Sc4ccnc5cccnc45)cnc3[nH]2)CC1. The molecule has 0 aromatic carbocycles. The van der Waals surface area contributed by atoms with Crippen molar-refractivity contribution in [2.24, 2.45) is 5.73 Å². The first kappa shape index (κ1) is 17.3. The smallest absolute Gasteiger partial charge is 0.206 e. The van der Waals surface area contributed by atoms with E-state index >= 15 is 0 Å². The van der Waals surface area contributed by atoms with Crippen molar-refractivity contribution in [1.82, 2.24) is 29.9 Å². The third kappa shape index (κ3) is 3.27. The van der Waals surface area contributed by atoms with Gasteiger partial charge in [0.25, 0.3) is 0 Å². The van der Waals surface area contributed by atoms with Gasteiger partial charge in [0.15, 0.2) is 11.3 Å². The molecule has 0 radical (unpaired) electrons. The highest BCUT2D eigenvalue weighted by Gasteiger charge is 2.27. The van der Waals surface area contributed by atoms with Gasteiger partial charge in [-0.15, -0.1) is 0 Å². The van der Waals surface area contributed by atoms with Gasteiger partial charge in [-0.25, -0.2) is 9.97 Å². The van der Waals surface area contributed by atoms with Crippen LogP contribution in [-0.2, 0) is 0 Å². The highest BCUT2D eigenvalue weighted by atomic mass is 32.2. The molecular formula is C19H20N8S. The molecule has 5 heterocycles. The number of hydrogen-bond donors (Lipinski definition) is 2. The molecule has 0 aliphatic carbocycles. The molecular weight excluding hydrogens is 372 g/mol. The van der Waals surface area contributed by atoms with Crippen molar-refractivity contribution in [3.8, 4) is 0 Å². The van der Waals surface area contributed by atoms with Crippen molar-refractivity contribution in [2.75, 3.05) is 18.0 Å². The fourth-order valence-electron chi connectivity index (χ4n) is 3.34. The number of fused-ring (bicyclic) bond motifs is 2. The van der Waals surface area contributed by atoms with Crippen LogP contribution in [-0.4, -0.2) is 48.5 Å². The molecule has 142 valence electrons. The van der Waals surface area contributed by atoms with E-state index in [1.807, 2.05) is 18.2 Å².